The molecule has 118 valence electrons. The van der Waals surface area contributed by atoms with E-state index in [1.165, 1.54) is 17.7 Å². The summed E-state index contributed by atoms with van der Waals surface area (Å²) in [4.78, 5) is 17.3. The second-order valence-corrected chi connectivity index (χ2v) is 5.05. The fourth-order valence-corrected chi connectivity index (χ4v) is 1.98. The van der Waals surface area contributed by atoms with Crippen molar-refractivity contribution >= 4 is 35.8 Å². The smallest absolute Gasteiger partial charge is 0.243 e. The summed E-state index contributed by atoms with van der Waals surface area (Å²) >= 11 is 0. The van der Waals surface area contributed by atoms with E-state index in [0.29, 0.717) is 25.0 Å². The molecular formula is C13H26FIN4O. The quantitative estimate of drug-likeness (QED) is 0.308. The number of aliphatic imine (C=N–C) groups is 1. The maximum Gasteiger partial charge on any atom is 0.243 e. The van der Waals surface area contributed by atoms with Crippen molar-refractivity contribution in [1.29, 1.82) is 0 Å². The zero-order chi connectivity index (χ0) is 14.1. The molecule has 7 heteroatoms. The summed E-state index contributed by atoms with van der Waals surface area (Å²) in [6.45, 7) is 0.302. The van der Waals surface area contributed by atoms with Gasteiger partial charge in [0.1, 0.15) is 6.54 Å². The van der Waals surface area contributed by atoms with Gasteiger partial charge >= 0.3 is 0 Å². The first kappa shape index (κ1) is 19.4. The maximum absolute atomic E-state index is 12.1. The Morgan fingerprint density at radius 1 is 1.35 bits per heavy atom. The van der Waals surface area contributed by atoms with Crippen LogP contribution in [-0.4, -0.2) is 56.7 Å². The molecule has 1 fully saturated rings. The van der Waals surface area contributed by atoms with Crippen molar-refractivity contribution in [2.24, 2.45) is 4.99 Å². The Hall–Kier alpha value is -0.600. The Labute approximate surface area is 137 Å². The molecule has 0 bridgehead atoms. The summed E-state index contributed by atoms with van der Waals surface area (Å²) in [5, 5.41) is 6.38. The van der Waals surface area contributed by atoms with Gasteiger partial charge in [-0.15, -0.1) is 24.0 Å². The van der Waals surface area contributed by atoms with Crippen LogP contribution in [0.4, 0.5) is 4.39 Å². The van der Waals surface area contributed by atoms with Crippen molar-refractivity contribution in [3.8, 4) is 0 Å². The molecule has 20 heavy (non-hydrogen) atoms. The van der Waals surface area contributed by atoms with Gasteiger partial charge in [-0.05, 0) is 19.3 Å². The molecule has 0 aromatic rings. The third kappa shape index (κ3) is 7.86. The number of nitrogens with one attached hydrogen (secondary N) is 2. The number of hydrogen-bond donors (Lipinski definition) is 2. The van der Waals surface area contributed by atoms with Crippen LogP contribution >= 0.6 is 24.0 Å². The topological polar surface area (TPSA) is 56.7 Å². The first-order chi connectivity index (χ1) is 9.13. The Kier molecular flexibility index (Phi) is 10.8. The number of nitrogens with zero attached hydrogens (tertiary/aromatic N) is 2. The van der Waals surface area contributed by atoms with Gasteiger partial charge in [-0.1, -0.05) is 12.8 Å². The van der Waals surface area contributed by atoms with Crippen LogP contribution in [-0.2, 0) is 4.79 Å². The van der Waals surface area contributed by atoms with E-state index in [4.69, 9.17) is 0 Å². The van der Waals surface area contributed by atoms with Gasteiger partial charge in [0.25, 0.3) is 0 Å². The van der Waals surface area contributed by atoms with Gasteiger partial charge < -0.3 is 15.5 Å². The monoisotopic (exact) mass is 400 g/mol. The molecule has 1 rings (SSSR count). The van der Waals surface area contributed by atoms with E-state index >= 15 is 0 Å². The molecule has 0 radical (unpaired) electrons. The van der Waals surface area contributed by atoms with E-state index < -0.39 is 0 Å². The van der Waals surface area contributed by atoms with Crippen molar-refractivity contribution < 1.29 is 9.18 Å². The molecule has 1 saturated carbocycles. The highest BCUT2D eigenvalue weighted by Crippen LogP contribution is 2.17. The maximum atomic E-state index is 12.1. The Morgan fingerprint density at radius 2 is 2.00 bits per heavy atom. The molecule has 0 unspecified atom stereocenters. The van der Waals surface area contributed by atoms with Gasteiger partial charge in [0, 0.05) is 26.7 Å². The minimum atomic E-state index is -0.347. The number of carbonyl (C=O) groups excluding carboxylic acids is 1. The van der Waals surface area contributed by atoms with Crippen molar-refractivity contribution in [1.82, 2.24) is 15.5 Å². The standard InChI is InChI=1S/C13H25FN4O.HI/c1-18(2)12(19)10-16-13(15-9-5-8-14)17-11-6-3-4-7-11;/h11H,3-10H2,1-2H3,(H2,15,16,17);1H. The molecule has 2 N–H and O–H groups in total. The molecule has 0 aromatic heterocycles. The van der Waals surface area contributed by atoms with Crippen LogP contribution in [0.15, 0.2) is 4.99 Å². The fraction of sp³-hybridized carbons (Fsp3) is 0.846. The van der Waals surface area contributed by atoms with Crippen LogP contribution < -0.4 is 10.6 Å². The number of rotatable bonds is 6. The Morgan fingerprint density at radius 3 is 2.55 bits per heavy atom. The summed E-state index contributed by atoms with van der Waals surface area (Å²) in [6.07, 6.45) is 5.17. The van der Waals surface area contributed by atoms with E-state index in [1.54, 1.807) is 14.1 Å². The molecule has 0 atom stereocenters. The summed E-state index contributed by atoms with van der Waals surface area (Å²) in [5.74, 6) is 0.577. The number of likely N-dealkylation sites (N-methyl/N-ethyl adjacent to an activating group) is 1. The average Bonchev–Trinajstić information content (AvgIpc) is 2.88. The predicted octanol–water partition coefficient (Wildman–Crippen LogP) is 1.53. The molecule has 0 aromatic carbocycles. The van der Waals surface area contributed by atoms with E-state index in [-0.39, 0.29) is 43.1 Å². The van der Waals surface area contributed by atoms with Crippen LogP contribution in [0, 0.1) is 0 Å². The number of hydrogen-bond acceptors (Lipinski definition) is 2. The summed E-state index contributed by atoms with van der Waals surface area (Å²) < 4.78 is 12.1. The normalized spacial score (nSPS) is 15.7. The second kappa shape index (κ2) is 11.1. The average molecular weight is 400 g/mol. The minimum Gasteiger partial charge on any atom is -0.356 e. The van der Waals surface area contributed by atoms with Gasteiger partial charge in [0.2, 0.25) is 5.91 Å². The molecule has 0 aliphatic heterocycles. The number of alkyl halides is 1. The zero-order valence-electron chi connectivity index (χ0n) is 12.3. The molecule has 5 nitrogen and oxygen atoms in total. The highest BCUT2D eigenvalue weighted by atomic mass is 127. The lowest BCUT2D eigenvalue weighted by Crippen LogP contribution is -2.43. The van der Waals surface area contributed by atoms with Gasteiger partial charge in [-0.2, -0.15) is 0 Å². The van der Waals surface area contributed by atoms with Gasteiger partial charge in [-0.25, -0.2) is 4.99 Å². The third-order valence-corrected chi connectivity index (χ3v) is 3.17. The van der Waals surface area contributed by atoms with Gasteiger partial charge in [0.05, 0.1) is 6.67 Å². The fourth-order valence-electron chi connectivity index (χ4n) is 1.98. The van der Waals surface area contributed by atoms with Crippen LogP contribution in [0.2, 0.25) is 0 Å². The van der Waals surface area contributed by atoms with Gasteiger partial charge in [-0.3, -0.25) is 9.18 Å². The molecule has 0 saturated heterocycles. The second-order valence-electron chi connectivity index (χ2n) is 5.05. The van der Waals surface area contributed by atoms with E-state index in [1.807, 2.05) is 0 Å². The molecule has 1 amide bonds. The number of carbonyl (C=O) groups is 1. The number of guanidine groups is 1. The van der Waals surface area contributed by atoms with Crippen LogP contribution in [0.25, 0.3) is 0 Å². The van der Waals surface area contributed by atoms with E-state index in [0.717, 1.165) is 12.8 Å². The summed E-state index contributed by atoms with van der Waals surface area (Å²) in [7, 11) is 3.41. The first-order valence-electron chi connectivity index (χ1n) is 6.94. The number of amides is 1. The molecule has 0 spiro atoms. The van der Waals surface area contributed by atoms with Crippen molar-refractivity contribution in [2.75, 3.05) is 33.9 Å². The van der Waals surface area contributed by atoms with Crippen molar-refractivity contribution in [3.05, 3.63) is 0 Å². The van der Waals surface area contributed by atoms with E-state index in [9.17, 15) is 9.18 Å². The highest BCUT2D eigenvalue weighted by Gasteiger charge is 2.16. The zero-order valence-corrected chi connectivity index (χ0v) is 14.7. The van der Waals surface area contributed by atoms with Crippen LogP contribution in [0.1, 0.15) is 32.1 Å². The van der Waals surface area contributed by atoms with Crippen LogP contribution in [0.5, 0.6) is 0 Å². The lowest BCUT2D eigenvalue weighted by Gasteiger charge is -2.17. The number of halogens is 2. The highest BCUT2D eigenvalue weighted by molar-refractivity contribution is 14.0. The third-order valence-electron chi connectivity index (χ3n) is 3.17. The Balaban J connectivity index is 0.00000361. The molecule has 1 aliphatic rings. The van der Waals surface area contributed by atoms with Crippen LogP contribution in [0.3, 0.4) is 0 Å². The minimum absolute atomic E-state index is 0. The van der Waals surface area contributed by atoms with Crippen molar-refractivity contribution in [3.63, 3.8) is 0 Å². The largest absolute Gasteiger partial charge is 0.356 e. The van der Waals surface area contributed by atoms with Crippen molar-refractivity contribution in [2.45, 2.75) is 38.1 Å². The molecular weight excluding hydrogens is 374 g/mol. The summed E-state index contributed by atoms with van der Waals surface area (Å²) in [5.41, 5.74) is 0. The molecule has 0 heterocycles. The first-order valence-corrected chi connectivity index (χ1v) is 6.94. The van der Waals surface area contributed by atoms with Gasteiger partial charge in [0.15, 0.2) is 5.96 Å². The Bertz CT molecular complexity index is 307. The molecule has 1 aliphatic carbocycles. The van der Waals surface area contributed by atoms with E-state index in [2.05, 4.69) is 15.6 Å². The predicted molar refractivity (Wildman–Crippen MR) is 90.4 cm³/mol. The lowest BCUT2D eigenvalue weighted by atomic mass is 10.2. The SMILES string of the molecule is CN(C)C(=O)CN=C(NCCCF)NC1CCCC1.I. The summed E-state index contributed by atoms with van der Waals surface area (Å²) in [6, 6.07) is 0.422. The lowest BCUT2D eigenvalue weighted by molar-refractivity contribution is -0.127.